The molecule has 3 heterocycles. The molecule has 2 aromatic rings. The van der Waals surface area contributed by atoms with Crippen molar-refractivity contribution >= 4 is 35.3 Å². The van der Waals surface area contributed by atoms with Crippen molar-refractivity contribution in [3.05, 3.63) is 110 Å². The average Bonchev–Trinajstić information content (AvgIpc) is 4.28. The largest absolute Gasteiger partial charge is 0.497 e. The summed E-state index contributed by atoms with van der Waals surface area (Å²) in [4.78, 5) is 53.6. The lowest BCUT2D eigenvalue weighted by molar-refractivity contribution is -0.147. The predicted octanol–water partition coefficient (Wildman–Crippen LogP) is 11.5. The minimum atomic E-state index is -0.661. The molecule has 12 nitrogen and oxygen atoms in total. The number of carbonyl (C=O) groups excluding carboxylic acids is 4. The minimum absolute atomic E-state index is 0.306. The van der Waals surface area contributed by atoms with Crippen LogP contribution in [0.25, 0.3) is 0 Å². The molecule has 0 saturated carbocycles. The van der Waals surface area contributed by atoms with Gasteiger partial charge in [-0.25, -0.2) is 19.2 Å². The Labute approximate surface area is 406 Å². The number of esters is 4. The average molecular weight is 939 g/mol. The molecular weight excluding hydrogens is 861 g/mol. The molecule has 0 N–H and O–H groups in total. The number of ether oxygens (including phenoxy) is 6. The maximum absolute atomic E-state index is 12.8. The molecule has 2 saturated heterocycles. The van der Waals surface area contributed by atoms with Gasteiger partial charge >= 0.3 is 23.9 Å². The number of rotatable bonds is 21. The van der Waals surface area contributed by atoms with E-state index in [0.29, 0.717) is 38.6 Å². The lowest BCUT2D eigenvalue weighted by atomic mass is 10.1. The first-order chi connectivity index (χ1) is 33.4. The van der Waals surface area contributed by atoms with E-state index in [0.717, 1.165) is 74.9 Å². The van der Waals surface area contributed by atoms with Gasteiger partial charge in [0.25, 0.3) is 0 Å². The molecule has 372 valence electrons. The Morgan fingerprint density at radius 3 is 1.40 bits per heavy atom. The van der Waals surface area contributed by atoms with Crippen molar-refractivity contribution in [1.29, 1.82) is 0 Å². The molecule has 0 aromatic heterocycles. The SMILES string of the molecule is C1=CCCCCCC1.C=CCCCCCC/C=C/CCCOC(=O)[C@@H]1[C@H](C(=O)OCCCC=C)N1c1ccc(OC)cc1.COc1ccc(N2[C@@H]3C(=O)OCCC/C=C\CCCOC(=O)[C@@H]32)cc1. The van der Waals surface area contributed by atoms with Crippen LogP contribution in [-0.2, 0) is 38.1 Å². The molecule has 0 amide bonds. The highest BCUT2D eigenvalue weighted by molar-refractivity contribution is 6.01. The normalized spacial score (nSPS) is 20.7. The van der Waals surface area contributed by atoms with Gasteiger partial charge in [-0.05, 0) is 151 Å². The fourth-order valence-electron chi connectivity index (χ4n) is 7.94. The fourth-order valence-corrected chi connectivity index (χ4v) is 7.94. The van der Waals surface area contributed by atoms with E-state index in [4.69, 9.17) is 28.4 Å². The van der Waals surface area contributed by atoms with Crippen LogP contribution in [-0.4, -0.2) is 88.7 Å². The van der Waals surface area contributed by atoms with Crippen LogP contribution in [0.15, 0.2) is 110 Å². The molecule has 68 heavy (non-hydrogen) atoms. The second kappa shape index (κ2) is 32.8. The van der Waals surface area contributed by atoms with E-state index in [2.05, 4.69) is 49.6 Å². The number of nitrogens with zero attached hydrogens (tertiary/aromatic N) is 2. The summed E-state index contributed by atoms with van der Waals surface area (Å²) in [5, 5.41) is 0. The number of carbonyl (C=O) groups is 4. The maximum Gasteiger partial charge on any atom is 0.331 e. The van der Waals surface area contributed by atoms with Gasteiger partial charge in [0.1, 0.15) is 11.5 Å². The van der Waals surface area contributed by atoms with Crippen molar-refractivity contribution in [3.8, 4) is 11.5 Å². The van der Waals surface area contributed by atoms with Gasteiger partial charge in [-0.15, -0.1) is 13.2 Å². The van der Waals surface area contributed by atoms with E-state index in [1.165, 1.54) is 64.2 Å². The summed E-state index contributed by atoms with van der Waals surface area (Å²) in [6.07, 6.45) is 38.8. The van der Waals surface area contributed by atoms with Crippen LogP contribution in [0, 0.1) is 0 Å². The summed E-state index contributed by atoms with van der Waals surface area (Å²) in [5.74, 6) is -0.122. The van der Waals surface area contributed by atoms with Gasteiger partial charge in [-0.2, -0.15) is 0 Å². The number of hydrogen-bond acceptors (Lipinski definition) is 12. The monoisotopic (exact) mass is 939 g/mol. The Bertz CT molecular complexity index is 1850. The second-order valence-corrected chi connectivity index (χ2v) is 17.2. The van der Waals surface area contributed by atoms with Gasteiger partial charge in [-0.3, -0.25) is 0 Å². The number of fused-ring (bicyclic) bond motifs is 1. The highest BCUT2D eigenvalue weighted by Crippen LogP contribution is 2.39. The summed E-state index contributed by atoms with van der Waals surface area (Å²) in [7, 11) is 3.19. The van der Waals surface area contributed by atoms with Crippen molar-refractivity contribution in [2.24, 2.45) is 0 Å². The zero-order chi connectivity index (χ0) is 48.6. The smallest absolute Gasteiger partial charge is 0.331 e. The zero-order valence-corrected chi connectivity index (χ0v) is 40.9. The quantitative estimate of drug-likeness (QED) is 0.0388. The summed E-state index contributed by atoms with van der Waals surface area (Å²) < 4.78 is 31.9. The van der Waals surface area contributed by atoms with Crippen LogP contribution < -0.4 is 19.3 Å². The third-order valence-corrected chi connectivity index (χ3v) is 11.9. The van der Waals surface area contributed by atoms with Crippen LogP contribution >= 0.6 is 0 Å². The van der Waals surface area contributed by atoms with Gasteiger partial charge in [0.15, 0.2) is 24.2 Å². The highest BCUT2D eigenvalue weighted by atomic mass is 16.6. The molecule has 4 aliphatic rings. The summed E-state index contributed by atoms with van der Waals surface area (Å²) in [6, 6.07) is 12.0. The molecule has 12 heteroatoms. The first kappa shape index (κ1) is 54.8. The van der Waals surface area contributed by atoms with E-state index in [1.54, 1.807) is 54.4 Å². The Hall–Kier alpha value is -5.78. The van der Waals surface area contributed by atoms with Gasteiger partial charge in [0, 0.05) is 11.4 Å². The molecule has 6 rings (SSSR count). The maximum atomic E-state index is 12.8. The molecule has 2 fully saturated rings. The van der Waals surface area contributed by atoms with Gasteiger partial charge in [0.2, 0.25) is 0 Å². The number of unbranched alkanes of at least 4 members (excludes halogenated alkanes) is 7. The summed E-state index contributed by atoms with van der Waals surface area (Å²) in [6.45, 7) is 8.77. The van der Waals surface area contributed by atoms with Crippen molar-refractivity contribution in [3.63, 3.8) is 0 Å². The number of cyclic esters (lactones) is 2. The number of benzene rings is 2. The molecule has 0 bridgehead atoms. The number of anilines is 2. The zero-order valence-electron chi connectivity index (χ0n) is 40.9. The molecule has 1 aliphatic carbocycles. The van der Waals surface area contributed by atoms with E-state index in [9.17, 15) is 19.2 Å². The van der Waals surface area contributed by atoms with Crippen LogP contribution in [0.2, 0.25) is 0 Å². The van der Waals surface area contributed by atoms with Crippen molar-refractivity contribution in [1.82, 2.24) is 0 Å². The number of hydrogen-bond donors (Lipinski definition) is 0. The van der Waals surface area contributed by atoms with E-state index < -0.39 is 36.1 Å². The molecule has 4 atom stereocenters. The molecule has 0 unspecified atom stereocenters. The lowest BCUT2D eigenvalue weighted by Crippen LogP contribution is -2.21. The molecule has 0 spiro atoms. The first-order valence-corrected chi connectivity index (χ1v) is 25.0. The molecule has 2 aromatic carbocycles. The third kappa shape index (κ3) is 19.8. The van der Waals surface area contributed by atoms with Crippen molar-refractivity contribution in [2.75, 3.05) is 50.4 Å². The van der Waals surface area contributed by atoms with E-state index in [-0.39, 0.29) is 11.9 Å². The van der Waals surface area contributed by atoms with Crippen LogP contribution in [0.5, 0.6) is 11.5 Å². The fraction of sp³-hybridized carbons (Fsp3) is 0.536. The third-order valence-electron chi connectivity index (χ3n) is 11.9. The summed E-state index contributed by atoms with van der Waals surface area (Å²) >= 11 is 0. The number of methoxy groups -OCH3 is 2. The van der Waals surface area contributed by atoms with Gasteiger partial charge < -0.3 is 38.2 Å². The van der Waals surface area contributed by atoms with E-state index in [1.807, 2.05) is 30.3 Å². The Balaban J connectivity index is 0.000000263. The first-order valence-electron chi connectivity index (χ1n) is 25.0. The van der Waals surface area contributed by atoms with Crippen molar-refractivity contribution < 1.29 is 47.6 Å². The number of allylic oxidation sites excluding steroid dienone is 8. The standard InChI is InChI=1S/C29H41NO5.C19H23NO5.C8H14/c1-4-6-8-9-10-11-12-13-14-15-17-23-35-29(32)27-26(28(31)34-22-16-7-5-2)30(27)24-18-20-25(33-3)21-19-24;1-23-15-10-8-14(9-11-15)20-16-17(20)19(22)25-13-7-5-3-2-4-6-12-24-18(16)21;1-2-4-6-8-7-5-3-1/h4-5,13-14,18-21,26-27H,1-2,6-12,15-17,22-23H2,3H3;2-3,8-11,16-17H,4-7,12-13H2,1H3;1-2H,3-8H2/b14-13+;3-2-;/t26-,27+,30?;16-,17+,20?;/m1../s1. The Morgan fingerprint density at radius 1 is 0.544 bits per heavy atom. The Kier molecular flexibility index (Phi) is 26.5. The van der Waals surface area contributed by atoms with Crippen LogP contribution in [0.3, 0.4) is 0 Å². The minimum Gasteiger partial charge on any atom is -0.497 e. The topological polar surface area (TPSA) is 130 Å². The predicted molar refractivity (Wildman–Crippen MR) is 270 cm³/mol. The van der Waals surface area contributed by atoms with Gasteiger partial charge in [-0.1, -0.05) is 74.3 Å². The van der Waals surface area contributed by atoms with Crippen LogP contribution in [0.4, 0.5) is 11.4 Å². The molecule has 0 radical (unpaired) electrons. The van der Waals surface area contributed by atoms with Crippen LogP contribution in [0.1, 0.15) is 128 Å². The van der Waals surface area contributed by atoms with E-state index >= 15 is 0 Å². The lowest BCUT2D eigenvalue weighted by Gasteiger charge is -2.08. The summed E-state index contributed by atoms with van der Waals surface area (Å²) in [5.41, 5.74) is 1.53. The highest BCUT2D eigenvalue weighted by Gasteiger charge is 2.60. The van der Waals surface area contributed by atoms with Gasteiger partial charge in [0.05, 0.1) is 40.6 Å². The molecular formula is C56H78N2O10. The molecule has 3 aliphatic heterocycles. The second-order valence-electron chi connectivity index (χ2n) is 17.2. The Morgan fingerprint density at radius 2 is 0.941 bits per heavy atom. The van der Waals surface area contributed by atoms with Crippen molar-refractivity contribution in [2.45, 2.75) is 153 Å².